The van der Waals surface area contributed by atoms with E-state index in [1.165, 1.54) is 18.3 Å². The number of carbonyl (C=O) groups is 2. The summed E-state index contributed by atoms with van der Waals surface area (Å²) in [6.45, 7) is 1.72. The molecule has 3 amide bonds. The Balaban J connectivity index is 2.04. The minimum atomic E-state index is -1.02. The van der Waals surface area contributed by atoms with Crippen molar-refractivity contribution < 1.29 is 9.59 Å². The van der Waals surface area contributed by atoms with E-state index in [0.29, 0.717) is 16.3 Å². The number of carbonyl (C=O) groups excluding carboxylic acids is 2. The van der Waals surface area contributed by atoms with Crippen LogP contribution >= 0.6 is 39.1 Å². The summed E-state index contributed by atoms with van der Waals surface area (Å²) in [4.78, 5) is 34.3. The predicted molar refractivity (Wildman–Crippen MR) is 113 cm³/mol. The Hall–Kier alpha value is -2.48. The fourth-order valence-corrected chi connectivity index (χ4v) is 3.42. The third kappa shape index (κ3) is 4.01. The van der Waals surface area contributed by atoms with E-state index in [-0.39, 0.29) is 21.4 Å². The van der Waals surface area contributed by atoms with Crippen molar-refractivity contribution >= 4 is 56.9 Å². The molecule has 142 valence electrons. The summed E-state index contributed by atoms with van der Waals surface area (Å²) in [5, 5.41) is 0.194. The van der Waals surface area contributed by atoms with Crippen molar-refractivity contribution in [3.63, 3.8) is 0 Å². The molecule has 0 aliphatic heterocycles. The normalized spacial score (nSPS) is 10.6. The molecular formula is C19H13BrCl2N4O2. The second-order valence-corrected chi connectivity index (χ2v) is 7.47. The highest BCUT2D eigenvalue weighted by molar-refractivity contribution is 9.10. The van der Waals surface area contributed by atoms with Crippen LogP contribution in [0.15, 0.2) is 53.1 Å². The molecule has 3 rings (SSSR count). The first-order valence-corrected chi connectivity index (χ1v) is 9.52. The molecular weight excluding hydrogens is 467 g/mol. The highest BCUT2D eigenvalue weighted by atomic mass is 79.9. The molecule has 0 radical (unpaired) electrons. The maximum absolute atomic E-state index is 12.9. The number of urea groups is 1. The number of amides is 3. The molecule has 3 aromatic rings. The maximum atomic E-state index is 12.9. The number of nitrogens with zero attached hydrogens (tertiary/aromatic N) is 3. The highest BCUT2D eigenvalue weighted by Crippen LogP contribution is 2.28. The van der Waals surface area contributed by atoms with Gasteiger partial charge in [0.25, 0.3) is 5.91 Å². The first kappa shape index (κ1) is 20.3. The van der Waals surface area contributed by atoms with Gasteiger partial charge in [0, 0.05) is 10.0 Å². The number of imide groups is 1. The molecule has 1 heterocycles. The topological polar surface area (TPSA) is 89.2 Å². The number of aryl methyl sites for hydroxylation is 1. The van der Waals surface area contributed by atoms with Crippen LogP contribution in [0, 0.1) is 6.92 Å². The van der Waals surface area contributed by atoms with Crippen molar-refractivity contribution in [1.82, 2.24) is 9.97 Å². The van der Waals surface area contributed by atoms with Crippen LogP contribution < -0.4 is 10.6 Å². The number of hydrogen-bond donors (Lipinski definition) is 1. The summed E-state index contributed by atoms with van der Waals surface area (Å²) in [6, 6.07) is 11.1. The molecule has 0 unspecified atom stereocenters. The number of halogens is 3. The average molecular weight is 480 g/mol. The third-order valence-electron chi connectivity index (χ3n) is 3.88. The van der Waals surface area contributed by atoms with Crippen molar-refractivity contribution in [2.75, 3.05) is 4.90 Å². The number of benzene rings is 2. The predicted octanol–water partition coefficient (Wildman–Crippen LogP) is 5.25. The average Bonchev–Trinajstić information content (AvgIpc) is 2.62. The zero-order chi connectivity index (χ0) is 20.4. The summed E-state index contributed by atoms with van der Waals surface area (Å²) in [7, 11) is 0. The van der Waals surface area contributed by atoms with Gasteiger partial charge in [-0.2, -0.15) is 0 Å². The van der Waals surface area contributed by atoms with E-state index >= 15 is 0 Å². The van der Waals surface area contributed by atoms with Crippen molar-refractivity contribution in [2.24, 2.45) is 5.73 Å². The van der Waals surface area contributed by atoms with Crippen LogP contribution in [0.5, 0.6) is 0 Å². The van der Waals surface area contributed by atoms with Crippen LogP contribution in [-0.4, -0.2) is 21.9 Å². The molecule has 0 aliphatic rings. The van der Waals surface area contributed by atoms with Gasteiger partial charge in [0.1, 0.15) is 0 Å². The molecule has 1 aromatic heterocycles. The lowest BCUT2D eigenvalue weighted by Gasteiger charge is -2.19. The Kier molecular flexibility index (Phi) is 5.98. The van der Waals surface area contributed by atoms with Crippen LogP contribution in [0.2, 0.25) is 10.0 Å². The van der Waals surface area contributed by atoms with Gasteiger partial charge in [0.2, 0.25) is 0 Å². The van der Waals surface area contributed by atoms with Gasteiger partial charge in [-0.25, -0.2) is 14.7 Å². The summed E-state index contributed by atoms with van der Waals surface area (Å²) >= 11 is 15.6. The van der Waals surface area contributed by atoms with Crippen LogP contribution in [0.1, 0.15) is 16.1 Å². The zero-order valence-corrected chi connectivity index (χ0v) is 17.6. The number of primary amides is 1. The van der Waals surface area contributed by atoms with Crippen LogP contribution in [0.25, 0.3) is 11.3 Å². The van der Waals surface area contributed by atoms with Gasteiger partial charge >= 0.3 is 6.03 Å². The van der Waals surface area contributed by atoms with E-state index in [1.807, 2.05) is 24.3 Å². The van der Waals surface area contributed by atoms with Crippen molar-refractivity contribution in [3.8, 4) is 11.3 Å². The quantitative estimate of drug-likeness (QED) is 0.555. The first-order valence-electron chi connectivity index (χ1n) is 7.97. The number of rotatable bonds is 3. The van der Waals surface area contributed by atoms with Crippen LogP contribution in [0.3, 0.4) is 0 Å². The van der Waals surface area contributed by atoms with Gasteiger partial charge in [0.05, 0.1) is 33.2 Å². The fraction of sp³-hybridized carbons (Fsp3) is 0.0526. The van der Waals surface area contributed by atoms with Crippen molar-refractivity contribution in [1.29, 1.82) is 0 Å². The van der Waals surface area contributed by atoms with Crippen molar-refractivity contribution in [2.45, 2.75) is 6.92 Å². The summed E-state index contributed by atoms with van der Waals surface area (Å²) in [5.41, 5.74) is 7.36. The highest BCUT2D eigenvalue weighted by Gasteiger charge is 2.28. The Labute approximate surface area is 179 Å². The van der Waals surface area contributed by atoms with Gasteiger partial charge in [0.15, 0.2) is 5.82 Å². The van der Waals surface area contributed by atoms with Crippen LogP contribution in [0.4, 0.5) is 10.6 Å². The smallest absolute Gasteiger partial charge is 0.327 e. The monoisotopic (exact) mass is 478 g/mol. The second-order valence-electron chi connectivity index (χ2n) is 5.74. The lowest BCUT2D eigenvalue weighted by atomic mass is 10.1. The minimum absolute atomic E-state index is 0.0214. The van der Waals surface area contributed by atoms with E-state index in [1.54, 1.807) is 13.0 Å². The molecule has 0 bridgehead atoms. The number of nitrogens with two attached hydrogens (primary N) is 1. The molecule has 0 saturated carbocycles. The Morgan fingerprint density at radius 3 is 2.21 bits per heavy atom. The SMILES string of the molecule is Cc1nc(N(C(N)=O)C(=O)c2c(Cl)cccc2Cl)cnc1-c1ccc(Br)cc1. The molecule has 9 heteroatoms. The van der Waals surface area contributed by atoms with Gasteiger partial charge in [-0.05, 0) is 31.2 Å². The standard InChI is InChI=1S/C19H13BrCl2N4O2/c1-10-17(11-5-7-12(20)8-6-11)24-9-15(25-10)26(19(23)28)18(27)16-13(21)3-2-4-14(16)22/h2-9H,1H3,(H2,23,28). The van der Waals surface area contributed by atoms with Gasteiger partial charge in [-0.3, -0.25) is 9.78 Å². The Morgan fingerprint density at radius 2 is 1.68 bits per heavy atom. The van der Waals surface area contributed by atoms with Gasteiger partial charge in [-0.1, -0.05) is 57.3 Å². The Morgan fingerprint density at radius 1 is 1.07 bits per heavy atom. The molecule has 0 fully saturated rings. The molecule has 2 N–H and O–H groups in total. The summed E-state index contributed by atoms with van der Waals surface area (Å²) < 4.78 is 0.931. The van der Waals surface area contributed by atoms with E-state index < -0.39 is 11.9 Å². The van der Waals surface area contributed by atoms with E-state index in [2.05, 4.69) is 25.9 Å². The molecule has 0 saturated heterocycles. The molecule has 2 aromatic carbocycles. The van der Waals surface area contributed by atoms with E-state index in [4.69, 9.17) is 28.9 Å². The zero-order valence-electron chi connectivity index (χ0n) is 14.5. The first-order chi connectivity index (χ1) is 13.3. The van der Waals surface area contributed by atoms with Crippen molar-refractivity contribution in [3.05, 3.63) is 74.4 Å². The molecule has 6 nitrogen and oxygen atoms in total. The number of hydrogen-bond acceptors (Lipinski definition) is 4. The molecule has 0 spiro atoms. The number of anilines is 1. The lowest BCUT2D eigenvalue weighted by Crippen LogP contribution is -2.42. The largest absolute Gasteiger partial charge is 0.351 e. The molecule has 28 heavy (non-hydrogen) atoms. The summed E-state index contributed by atoms with van der Waals surface area (Å²) in [6.07, 6.45) is 1.30. The Bertz CT molecular complexity index is 1050. The molecule has 0 aliphatic carbocycles. The summed E-state index contributed by atoms with van der Waals surface area (Å²) in [5.74, 6) is -0.806. The lowest BCUT2D eigenvalue weighted by molar-refractivity contribution is 0.0994. The van der Waals surface area contributed by atoms with Gasteiger partial charge in [-0.15, -0.1) is 0 Å². The maximum Gasteiger partial charge on any atom is 0.327 e. The fourth-order valence-electron chi connectivity index (χ4n) is 2.60. The van der Waals surface area contributed by atoms with E-state index in [9.17, 15) is 9.59 Å². The molecule has 0 atom stereocenters. The van der Waals surface area contributed by atoms with Gasteiger partial charge < -0.3 is 5.73 Å². The minimum Gasteiger partial charge on any atom is -0.351 e. The second kappa shape index (κ2) is 8.26. The number of aromatic nitrogens is 2. The third-order valence-corrected chi connectivity index (χ3v) is 5.04. The van der Waals surface area contributed by atoms with Crippen LogP contribution in [-0.2, 0) is 0 Å². The van der Waals surface area contributed by atoms with E-state index in [0.717, 1.165) is 10.0 Å².